The number of ether oxygens (including phenoxy) is 1. The Bertz CT molecular complexity index is 597. The first-order valence-electron chi connectivity index (χ1n) is 9.01. The molecule has 6 nitrogen and oxygen atoms in total. The van der Waals surface area contributed by atoms with E-state index in [1.807, 2.05) is 4.90 Å². The molecule has 0 unspecified atom stereocenters. The molecule has 6 heteroatoms. The van der Waals surface area contributed by atoms with Gasteiger partial charge in [-0.15, -0.1) is 0 Å². The summed E-state index contributed by atoms with van der Waals surface area (Å²) in [6.45, 7) is 10.9. The largest absolute Gasteiger partial charge is 0.378 e. The number of aromatic nitrogens is 2. The van der Waals surface area contributed by atoms with Crippen LogP contribution in [0.2, 0.25) is 0 Å². The third-order valence-corrected chi connectivity index (χ3v) is 4.77. The van der Waals surface area contributed by atoms with Gasteiger partial charge in [0, 0.05) is 44.7 Å². The first kappa shape index (κ1) is 17.1. The predicted molar refractivity (Wildman–Crippen MR) is 93.2 cm³/mol. The Balaban J connectivity index is 1.76. The number of amides is 1. The number of nitrogens with zero attached hydrogens (tertiary/aromatic N) is 4. The van der Waals surface area contributed by atoms with Gasteiger partial charge in [-0.2, -0.15) is 0 Å². The van der Waals surface area contributed by atoms with Crippen LogP contribution in [-0.4, -0.2) is 60.2 Å². The molecule has 0 spiro atoms. The van der Waals surface area contributed by atoms with Gasteiger partial charge >= 0.3 is 0 Å². The highest BCUT2D eigenvalue weighted by Gasteiger charge is 2.23. The number of aryl methyl sites for hydroxylation is 1. The number of hydrogen-bond acceptors (Lipinski definition) is 5. The molecule has 2 aliphatic rings. The van der Waals surface area contributed by atoms with Gasteiger partial charge in [-0.3, -0.25) is 4.79 Å². The van der Waals surface area contributed by atoms with Crippen LogP contribution in [0.1, 0.15) is 37.2 Å². The summed E-state index contributed by atoms with van der Waals surface area (Å²) >= 11 is 0. The third kappa shape index (κ3) is 3.86. The Morgan fingerprint density at radius 3 is 2.54 bits per heavy atom. The number of rotatable bonds is 3. The van der Waals surface area contributed by atoms with Crippen LogP contribution in [0, 0.1) is 12.8 Å². The molecular formula is C18H28N4O2. The molecule has 0 saturated carbocycles. The van der Waals surface area contributed by atoms with Crippen molar-refractivity contribution < 1.29 is 9.53 Å². The van der Waals surface area contributed by atoms with Crippen LogP contribution in [0.5, 0.6) is 0 Å². The SMILES string of the molecule is Cc1nc(N2CCOCC2)nc2c1CCN(C(=O)CC(C)C)CC2. The molecule has 132 valence electrons. The first-order valence-corrected chi connectivity index (χ1v) is 9.01. The Labute approximate surface area is 144 Å². The van der Waals surface area contributed by atoms with Gasteiger partial charge in [-0.25, -0.2) is 9.97 Å². The molecule has 1 aromatic heterocycles. The average molecular weight is 332 g/mol. The van der Waals surface area contributed by atoms with Crippen molar-refractivity contribution in [2.24, 2.45) is 5.92 Å². The van der Waals surface area contributed by atoms with E-state index in [0.29, 0.717) is 12.3 Å². The van der Waals surface area contributed by atoms with Crippen molar-refractivity contribution in [1.82, 2.24) is 14.9 Å². The number of fused-ring (bicyclic) bond motifs is 1. The number of morpholine rings is 1. The second kappa shape index (κ2) is 7.47. The summed E-state index contributed by atoms with van der Waals surface area (Å²) in [4.78, 5) is 26.1. The summed E-state index contributed by atoms with van der Waals surface area (Å²) in [7, 11) is 0. The van der Waals surface area contributed by atoms with E-state index in [1.54, 1.807) is 0 Å². The van der Waals surface area contributed by atoms with Crippen molar-refractivity contribution in [3.8, 4) is 0 Å². The smallest absolute Gasteiger partial charge is 0.225 e. The van der Waals surface area contributed by atoms with E-state index in [1.165, 1.54) is 5.56 Å². The fourth-order valence-corrected chi connectivity index (χ4v) is 3.40. The van der Waals surface area contributed by atoms with Crippen LogP contribution in [0.15, 0.2) is 0 Å². The highest BCUT2D eigenvalue weighted by atomic mass is 16.5. The predicted octanol–water partition coefficient (Wildman–Crippen LogP) is 1.59. The molecule has 0 N–H and O–H groups in total. The highest BCUT2D eigenvalue weighted by Crippen LogP contribution is 2.21. The minimum atomic E-state index is 0.261. The molecule has 0 radical (unpaired) electrons. The fourth-order valence-electron chi connectivity index (χ4n) is 3.40. The maximum absolute atomic E-state index is 12.4. The Kier molecular flexibility index (Phi) is 5.33. The van der Waals surface area contributed by atoms with Crippen molar-refractivity contribution in [2.45, 2.75) is 40.0 Å². The molecule has 0 atom stereocenters. The van der Waals surface area contributed by atoms with E-state index in [2.05, 4.69) is 25.7 Å². The van der Waals surface area contributed by atoms with Gasteiger partial charge in [0.2, 0.25) is 11.9 Å². The van der Waals surface area contributed by atoms with Gasteiger partial charge in [0.1, 0.15) is 0 Å². The van der Waals surface area contributed by atoms with Gasteiger partial charge in [-0.05, 0) is 24.8 Å². The number of anilines is 1. The molecule has 3 heterocycles. The Morgan fingerprint density at radius 1 is 1.12 bits per heavy atom. The maximum Gasteiger partial charge on any atom is 0.225 e. The first-order chi connectivity index (χ1) is 11.5. The molecule has 24 heavy (non-hydrogen) atoms. The zero-order valence-corrected chi connectivity index (χ0v) is 15.0. The van der Waals surface area contributed by atoms with E-state index in [0.717, 1.165) is 69.6 Å². The summed E-state index contributed by atoms with van der Waals surface area (Å²) in [5.41, 5.74) is 3.40. The summed E-state index contributed by atoms with van der Waals surface area (Å²) in [6, 6.07) is 0. The summed E-state index contributed by atoms with van der Waals surface area (Å²) in [5, 5.41) is 0. The van der Waals surface area contributed by atoms with Crippen molar-refractivity contribution in [2.75, 3.05) is 44.3 Å². The van der Waals surface area contributed by atoms with Gasteiger partial charge in [-0.1, -0.05) is 13.8 Å². The molecule has 0 aromatic carbocycles. The second-order valence-corrected chi connectivity index (χ2v) is 7.11. The zero-order chi connectivity index (χ0) is 17.1. The minimum absolute atomic E-state index is 0.261. The van der Waals surface area contributed by atoms with Gasteiger partial charge in [0.25, 0.3) is 0 Å². The van der Waals surface area contributed by atoms with Gasteiger partial charge in [0.05, 0.1) is 18.9 Å². The van der Waals surface area contributed by atoms with E-state index in [9.17, 15) is 4.79 Å². The average Bonchev–Trinajstić information content (AvgIpc) is 2.78. The lowest BCUT2D eigenvalue weighted by Crippen LogP contribution is -2.37. The third-order valence-electron chi connectivity index (χ3n) is 4.77. The molecule has 0 aliphatic carbocycles. The van der Waals surface area contributed by atoms with Crippen LogP contribution >= 0.6 is 0 Å². The standard InChI is InChI=1S/C18H28N4O2/c1-13(2)12-17(23)21-6-4-15-14(3)19-18(20-16(15)5-7-21)22-8-10-24-11-9-22/h13H,4-12H2,1-3H3. The van der Waals surface area contributed by atoms with E-state index in [4.69, 9.17) is 14.7 Å². The molecule has 3 rings (SSSR count). The lowest BCUT2D eigenvalue weighted by atomic mass is 10.1. The Hall–Kier alpha value is -1.69. The number of carbonyl (C=O) groups excluding carboxylic acids is 1. The molecular weight excluding hydrogens is 304 g/mol. The number of carbonyl (C=O) groups is 1. The second-order valence-electron chi connectivity index (χ2n) is 7.11. The quantitative estimate of drug-likeness (QED) is 0.841. The lowest BCUT2D eigenvalue weighted by molar-refractivity contribution is -0.131. The van der Waals surface area contributed by atoms with Crippen LogP contribution < -0.4 is 4.90 Å². The van der Waals surface area contributed by atoms with E-state index >= 15 is 0 Å². The van der Waals surface area contributed by atoms with E-state index < -0.39 is 0 Å². The summed E-state index contributed by atoms with van der Waals surface area (Å²) < 4.78 is 5.41. The molecule has 1 fully saturated rings. The van der Waals surface area contributed by atoms with Crippen molar-refractivity contribution >= 4 is 11.9 Å². The normalized spacial score (nSPS) is 18.5. The molecule has 1 saturated heterocycles. The number of hydrogen-bond donors (Lipinski definition) is 0. The Morgan fingerprint density at radius 2 is 1.83 bits per heavy atom. The molecule has 0 bridgehead atoms. The summed E-state index contributed by atoms with van der Waals surface area (Å²) in [6.07, 6.45) is 2.30. The van der Waals surface area contributed by atoms with Gasteiger partial charge in [0.15, 0.2) is 0 Å². The van der Waals surface area contributed by atoms with Gasteiger partial charge < -0.3 is 14.5 Å². The van der Waals surface area contributed by atoms with Crippen molar-refractivity contribution in [3.05, 3.63) is 17.0 Å². The minimum Gasteiger partial charge on any atom is -0.378 e. The monoisotopic (exact) mass is 332 g/mol. The van der Waals surface area contributed by atoms with Crippen molar-refractivity contribution in [1.29, 1.82) is 0 Å². The molecule has 1 amide bonds. The van der Waals surface area contributed by atoms with Crippen LogP contribution in [0.3, 0.4) is 0 Å². The fraction of sp³-hybridized carbons (Fsp3) is 0.722. The maximum atomic E-state index is 12.4. The molecule has 1 aromatic rings. The lowest BCUT2D eigenvalue weighted by Gasteiger charge is -2.27. The highest BCUT2D eigenvalue weighted by molar-refractivity contribution is 5.76. The molecule has 2 aliphatic heterocycles. The topological polar surface area (TPSA) is 58.6 Å². The van der Waals surface area contributed by atoms with Crippen LogP contribution in [-0.2, 0) is 22.4 Å². The van der Waals surface area contributed by atoms with Crippen molar-refractivity contribution in [3.63, 3.8) is 0 Å². The zero-order valence-electron chi connectivity index (χ0n) is 15.0. The van der Waals surface area contributed by atoms with E-state index in [-0.39, 0.29) is 5.91 Å². The van der Waals surface area contributed by atoms with Crippen LogP contribution in [0.4, 0.5) is 5.95 Å². The summed E-state index contributed by atoms with van der Waals surface area (Å²) in [5.74, 6) is 1.48. The van der Waals surface area contributed by atoms with Crippen LogP contribution in [0.25, 0.3) is 0 Å².